The van der Waals surface area contributed by atoms with Crippen molar-refractivity contribution >= 4 is 17.7 Å². The molecule has 2 amide bonds. The van der Waals surface area contributed by atoms with Crippen molar-refractivity contribution in [2.45, 2.75) is 72.1 Å². The Bertz CT molecular complexity index is 1110. The third kappa shape index (κ3) is 5.49. The molecule has 8 nitrogen and oxygen atoms in total. The number of aryl methyl sites for hydroxylation is 2. The normalized spacial score (nSPS) is 17.0. The average molecular weight is 442 g/mol. The summed E-state index contributed by atoms with van der Waals surface area (Å²) in [7, 11) is 0. The number of ether oxygens (including phenoxy) is 2. The molecule has 1 aliphatic rings. The van der Waals surface area contributed by atoms with Gasteiger partial charge in [0.15, 0.2) is 0 Å². The van der Waals surface area contributed by atoms with Crippen molar-refractivity contribution < 1.29 is 19.1 Å². The van der Waals surface area contributed by atoms with Crippen LogP contribution in [0.2, 0.25) is 0 Å². The molecule has 0 spiro atoms. The van der Waals surface area contributed by atoms with Crippen LogP contribution in [0.3, 0.4) is 0 Å². The molecule has 0 radical (unpaired) electrons. The molecule has 2 heterocycles. The van der Waals surface area contributed by atoms with Gasteiger partial charge in [-0.15, -0.1) is 0 Å². The van der Waals surface area contributed by atoms with E-state index < -0.39 is 34.8 Å². The number of nitrogens with one attached hydrogen (secondary N) is 3. The predicted octanol–water partition coefficient (Wildman–Crippen LogP) is 4.37. The van der Waals surface area contributed by atoms with Crippen molar-refractivity contribution in [1.82, 2.24) is 10.3 Å². The number of pyridine rings is 1. The van der Waals surface area contributed by atoms with Gasteiger partial charge in [-0.2, -0.15) is 0 Å². The lowest BCUT2D eigenvalue weighted by molar-refractivity contribution is 0.0608. The standard InChI is InChI=1S/C24H31N3O5/c1-13-10-14(2)25-20(28)19(13)21(29)27-17-12-24(6,7)31-18-9-8-15(11-16(17)18)26-22(30)32-23(3,4)5/h8-11,17H,12H2,1-7H3,(H,25,28)(H,26,30)(H,27,29)/t17-/m0/s1. The van der Waals surface area contributed by atoms with Gasteiger partial charge in [-0.1, -0.05) is 0 Å². The molecule has 172 valence electrons. The Labute approximate surface area is 187 Å². The van der Waals surface area contributed by atoms with E-state index in [0.29, 0.717) is 34.7 Å². The molecule has 1 aromatic heterocycles. The monoisotopic (exact) mass is 441 g/mol. The molecule has 1 aromatic carbocycles. The maximum Gasteiger partial charge on any atom is 0.412 e. The number of hydrogen-bond donors (Lipinski definition) is 3. The number of anilines is 1. The van der Waals surface area contributed by atoms with Gasteiger partial charge in [-0.25, -0.2) is 4.79 Å². The Morgan fingerprint density at radius 1 is 1.19 bits per heavy atom. The molecule has 0 fully saturated rings. The van der Waals surface area contributed by atoms with Crippen LogP contribution in [0.1, 0.15) is 74.3 Å². The lowest BCUT2D eigenvalue weighted by Crippen LogP contribution is -2.42. The van der Waals surface area contributed by atoms with E-state index in [-0.39, 0.29) is 5.56 Å². The summed E-state index contributed by atoms with van der Waals surface area (Å²) in [6.07, 6.45) is -0.0818. The number of hydrogen-bond acceptors (Lipinski definition) is 5. The van der Waals surface area contributed by atoms with Gasteiger partial charge >= 0.3 is 6.09 Å². The maximum absolute atomic E-state index is 13.0. The number of carbonyl (C=O) groups is 2. The molecule has 3 N–H and O–H groups in total. The molecule has 0 aliphatic carbocycles. The molecule has 3 rings (SSSR count). The molecule has 1 aliphatic heterocycles. The minimum Gasteiger partial charge on any atom is -0.487 e. The minimum absolute atomic E-state index is 0.0875. The van der Waals surface area contributed by atoms with Crippen molar-refractivity contribution in [3.8, 4) is 5.75 Å². The van der Waals surface area contributed by atoms with Crippen molar-refractivity contribution in [3.63, 3.8) is 0 Å². The fourth-order valence-electron chi connectivity index (χ4n) is 3.85. The SMILES string of the molecule is Cc1cc(C)c(C(=O)N[C@H]2CC(C)(C)Oc3ccc(NC(=O)OC(C)(C)C)cc32)c(=O)[nH]1. The van der Waals surface area contributed by atoms with E-state index >= 15 is 0 Å². The molecule has 0 unspecified atom stereocenters. The van der Waals surface area contributed by atoms with E-state index in [1.807, 2.05) is 13.8 Å². The van der Waals surface area contributed by atoms with Gasteiger partial charge in [-0.05, 0) is 78.3 Å². The van der Waals surface area contributed by atoms with Gasteiger partial charge in [-0.3, -0.25) is 14.9 Å². The largest absolute Gasteiger partial charge is 0.487 e. The topological polar surface area (TPSA) is 110 Å². The fourth-order valence-corrected chi connectivity index (χ4v) is 3.85. The molecule has 2 aromatic rings. The second kappa shape index (κ2) is 8.33. The van der Waals surface area contributed by atoms with Crippen LogP contribution in [0.25, 0.3) is 0 Å². The maximum atomic E-state index is 13.0. The highest BCUT2D eigenvalue weighted by Gasteiger charge is 2.35. The van der Waals surface area contributed by atoms with Gasteiger partial charge < -0.3 is 19.8 Å². The number of amides is 2. The van der Waals surface area contributed by atoms with E-state index in [4.69, 9.17) is 9.47 Å². The Kier molecular flexibility index (Phi) is 6.09. The van der Waals surface area contributed by atoms with Crippen LogP contribution in [-0.4, -0.2) is 28.2 Å². The van der Waals surface area contributed by atoms with E-state index in [1.54, 1.807) is 58.9 Å². The van der Waals surface area contributed by atoms with Crippen molar-refractivity contribution in [1.29, 1.82) is 0 Å². The van der Waals surface area contributed by atoms with Crippen molar-refractivity contribution in [3.05, 3.63) is 57.0 Å². The first kappa shape index (κ1) is 23.4. The summed E-state index contributed by atoms with van der Waals surface area (Å²) < 4.78 is 11.4. The quantitative estimate of drug-likeness (QED) is 0.655. The predicted molar refractivity (Wildman–Crippen MR) is 122 cm³/mol. The summed E-state index contributed by atoms with van der Waals surface area (Å²) in [4.78, 5) is 40.3. The van der Waals surface area contributed by atoms with Crippen LogP contribution in [0, 0.1) is 13.8 Å². The number of benzene rings is 1. The van der Waals surface area contributed by atoms with Crippen LogP contribution < -0.4 is 20.9 Å². The zero-order valence-corrected chi connectivity index (χ0v) is 19.6. The second-order valence-electron chi connectivity index (χ2n) is 9.81. The number of fused-ring (bicyclic) bond motifs is 1. The third-order valence-electron chi connectivity index (χ3n) is 5.01. The molecule has 0 saturated carbocycles. The Balaban J connectivity index is 1.90. The van der Waals surface area contributed by atoms with Gasteiger partial charge in [0.2, 0.25) is 0 Å². The first-order valence-electron chi connectivity index (χ1n) is 10.6. The van der Waals surface area contributed by atoms with Crippen molar-refractivity contribution in [2.24, 2.45) is 0 Å². The van der Waals surface area contributed by atoms with Crippen LogP contribution >= 0.6 is 0 Å². The van der Waals surface area contributed by atoms with Gasteiger partial charge in [0, 0.05) is 23.4 Å². The summed E-state index contributed by atoms with van der Waals surface area (Å²) >= 11 is 0. The number of carbonyl (C=O) groups excluding carboxylic acids is 2. The summed E-state index contributed by atoms with van der Waals surface area (Å²) in [6.45, 7) is 12.7. The summed E-state index contributed by atoms with van der Waals surface area (Å²) in [5.74, 6) is 0.152. The van der Waals surface area contributed by atoms with E-state index in [1.165, 1.54) is 0 Å². The van der Waals surface area contributed by atoms with E-state index in [9.17, 15) is 14.4 Å². The average Bonchev–Trinajstić information content (AvgIpc) is 2.58. The number of aromatic amines is 1. The van der Waals surface area contributed by atoms with Crippen LogP contribution in [0.15, 0.2) is 29.1 Å². The molecular weight excluding hydrogens is 410 g/mol. The third-order valence-corrected chi connectivity index (χ3v) is 5.01. The Hall–Kier alpha value is -3.29. The smallest absolute Gasteiger partial charge is 0.412 e. The van der Waals surface area contributed by atoms with Crippen LogP contribution in [0.4, 0.5) is 10.5 Å². The zero-order valence-electron chi connectivity index (χ0n) is 19.6. The molecule has 32 heavy (non-hydrogen) atoms. The Morgan fingerprint density at radius 2 is 1.88 bits per heavy atom. The summed E-state index contributed by atoms with van der Waals surface area (Å²) in [6, 6.07) is 6.58. The molecule has 8 heteroatoms. The highest BCUT2D eigenvalue weighted by atomic mass is 16.6. The molecular formula is C24H31N3O5. The number of H-pyrrole nitrogens is 1. The van der Waals surface area contributed by atoms with Crippen molar-refractivity contribution in [2.75, 3.05) is 5.32 Å². The summed E-state index contributed by atoms with van der Waals surface area (Å²) in [5, 5.41) is 5.70. The highest BCUT2D eigenvalue weighted by molar-refractivity contribution is 5.95. The highest BCUT2D eigenvalue weighted by Crippen LogP contribution is 2.41. The van der Waals surface area contributed by atoms with E-state index in [0.717, 1.165) is 0 Å². The Morgan fingerprint density at radius 3 is 2.50 bits per heavy atom. The van der Waals surface area contributed by atoms with Crippen LogP contribution in [0.5, 0.6) is 5.75 Å². The number of rotatable bonds is 3. The molecule has 1 atom stereocenters. The summed E-state index contributed by atoms with van der Waals surface area (Å²) in [5.41, 5.74) is 1.05. The van der Waals surface area contributed by atoms with Gasteiger partial charge in [0.25, 0.3) is 11.5 Å². The molecule has 0 saturated heterocycles. The van der Waals surface area contributed by atoms with Crippen LogP contribution in [-0.2, 0) is 4.74 Å². The van der Waals surface area contributed by atoms with E-state index in [2.05, 4.69) is 15.6 Å². The fraction of sp³-hybridized carbons (Fsp3) is 0.458. The number of aromatic nitrogens is 1. The zero-order chi connectivity index (χ0) is 23.8. The molecule has 0 bridgehead atoms. The lowest BCUT2D eigenvalue weighted by atomic mass is 9.89. The first-order valence-corrected chi connectivity index (χ1v) is 10.6. The van der Waals surface area contributed by atoms with Gasteiger partial charge in [0.05, 0.1) is 6.04 Å². The van der Waals surface area contributed by atoms with Gasteiger partial charge in [0.1, 0.15) is 22.5 Å². The second-order valence-corrected chi connectivity index (χ2v) is 9.81. The lowest BCUT2D eigenvalue weighted by Gasteiger charge is -2.38. The minimum atomic E-state index is -0.624. The first-order chi connectivity index (χ1) is 14.7.